The fourth-order valence-corrected chi connectivity index (χ4v) is 5.14. The first-order valence-electron chi connectivity index (χ1n) is 10.5. The number of halogens is 2. The second kappa shape index (κ2) is 11.3. The molecule has 0 saturated carbocycles. The van der Waals surface area contributed by atoms with E-state index in [-0.39, 0.29) is 17.1 Å². The Hall–Kier alpha value is -3.09. The Labute approximate surface area is 229 Å². The Morgan fingerprint density at radius 3 is 2.39 bits per heavy atom. The van der Waals surface area contributed by atoms with Crippen molar-refractivity contribution in [2.75, 3.05) is 7.11 Å². The number of non-ortho nitro benzene ring substituents is 1. The summed E-state index contributed by atoms with van der Waals surface area (Å²) >= 11 is 8.91. The topological polar surface area (TPSA) is 99.0 Å². The van der Waals surface area contributed by atoms with Gasteiger partial charge in [-0.25, -0.2) is 0 Å². The Morgan fingerprint density at radius 2 is 1.75 bits per heavy atom. The number of benzene rings is 3. The third-order valence-electron chi connectivity index (χ3n) is 5.21. The average molecular weight is 637 g/mol. The molecule has 36 heavy (non-hydrogen) atoms. The zero-order chi connectivity index (χ0) is 25.8. The molecule has 1 aliphatic heterocycles. The van der Waals surface area contributed by atoms with Crippen molar-refractivity contribution in [3.8, 4) is 11.5 Å². The highest BCUT2D eigenvalue weighted by atomic mass is 127. The number of hydrogen-bond acceptors (Lipinski definition) is 7. The van der Waals surface area contributed by atoms with Crippen LogP contribution in [0.4, 0.5) is 10.5 Å². The predicted molar refractivity (Wildman–Crippen MR) is 146 cm³/mol. The lowest BCUT2D eigenvalue weighted by atomic mass is 10.1. The van der Waals surface area contributed by atoms with Gasteiger partial charge in [0.2, 0.25) is 0 Å². The molecule has 4 rings (SSSR count). The molecular formula is C25H18ClIN2O6S. The van der Waals surface area contributed by atoms with Crippen molar-refractivity contribution in [3.05, 3.63) is 101 Å². The molecule has 3 aromatic rings. The second-order valence-corrected chi connectivity index (χ2v) is 10.2. The molecule has 0 aromatic heterocycles. The molecule has 0 atom stereocenters. The minimum atomic E-state index is -0.504. The monoisotopic (exact) mass is 636 g/mol. The highest BCUT2D eigenvalue weighted by Gasteiger charge is 2.35. The lowest BCUT2D eigenvalue weighted by Gasteiger charge is -2.14. The molecule has 184 valence electrons. The van der Waals surface area contributed by atoms with Gasteiger partial charge in [-0.3, -0.25) is 24.6 Å². The summed E-state index contributed by atoms with van der Waals surface area (Å²) in [6, 6.07) is 16.7. The lowest BCUT2D eigenvalue weighted by Crippen LogP contribution is -2.27. The van der Waals surface area contributed by atoms with Crippen LogP contribution in [0.25, 0.3) is 6.08 Å². The van der Waals surface area contributed by atoms with Crippen LogP contribution in [0.1, 0.15) is 16.7 Å². The van der Waals surface area contributed by atoms with Crippen molar-refractivity contribution in [1.29, 1.82) is 0 Å². The van der Waals surface area contributed by atoms with E-state index < -0.39 is 16.1 Å². The van der Waals surface area contributed by atoms with Crippen LogP contribution in [0.5, 0.6) is 11.5 Å². The van der Waals surface area contributed by atoms with E-state index in [0.29, 0.717) is 34.3 Å². The number of thioether (sulfide) groups is 1. The maximum atomic E-state index is 12.9. The number of nitrogens with zero attached hydrogens (tertiary/aromatic N) is 2. The van der Waals surface area contributed by atoms with Gasteiger partial charge in [-0.1, -0.05) is 35.9 Å². The number of rotatable bonds is 8. The van der Waals surface area contributed by atoms with E-state index in [1.807, 2.05) is 18.2 Å². The van der Waals surface area contributed by atoms with E-state index in [1.165, 1.54) is 31.4 Å². The van der Waals surface area contributed by atoms with Crippen LogP contribution in [0.3, 0.4) is 0 Å². The lowest BCUT2D eigenvalue weighted by molar-refractivity contribution is -0.384. The van der Waals surface area contributed by atoms with Crippen LogP contribution < -0.4 is 9.47 Å². The van der Waals surface area contributed by atoms with Gasteiger partial charge >= 0.3 is 0 Å². The van der Waals surface area contributed by atoms with Crippen molar-refractivity contribution in [2.24, 2.45) is 0 Å². The smallest absolute Gasteiger partial charge is 0.293 e. The molecule has 1 fully saturated rings. The summed E-state index contributed by atoms with van der Waals surface area (Å²) in [6.07, 6.45) is 1.63. The van der Waals surface area contributed by atoms with E-state index in [1.54, 1.807) is 24.3 Å². The van der Waals surface area contributed by atoms with Crippen LogP contribution in [-0.4, -0.2) is 28.1 Å². The molecule has 0 aliphatic carbocycles. The minimum absolute atomic E-state index is 0.0261. The first-order chi connectivity index (χ1) is 17.2. The van der Waals surface area contributed by atoms with Gasteiger partial charge < -0.3 is 9.47 Å². The molecule has 3 aromatic carbocycles. The van der Waals surface area contributed by atoms with Gasteiger partial charge in [-0.2, -0.15) is 0 Å². The van der Waals surface area contributed by atoms with Crippen LogP contribution in [0.15, 0.2) is 65.6 Å². The number of hydrogen-bond donors (Lipinski definition) is 0. The summed E-state index contributed by atoms with van der Waals surface area (Å²) in [6.45, 7) is 0.350. The minimum Gasteiger partial charge on any atom is -0.493 e. The molecule has 0 bridgehead atoms. The van der Waals surface area contributed by atoms with Crippen molar-refractivity contribution >= 4 is 68.9 Å². The zero-order valence-electron chi connectivity index (χ0n) is 18.8. The quantitative estimate of drug-likeness (QED) is 0.118. The SMILES string of the molecule is COc1cc(/C=C2\SC(=O)N(Cc3ccc([N+](=O)[O-])cc3)C2=O)cc(I)c1OCc1ccc(Cl)cc1. The van der Waals surface area contributed by atoms with E-state index in [0.717, 1.165) is 25.8 Å². The number of ether oxygens (including phenoxy) is 2. The molecule has 0 N–H and O–H groups in total. The molecular weight excluding hydrogens is 619 g/mol. The summed E-state index contributed by atoms with van der Waals surface area (Å²) < 4.78 is 12.3. The number of carbonyl (C=O) groups excluding carboxylic acids is 2. The second-order valence-electron chi connectivity index (χ2n) is 7.64. The Bertz CT molecular complexity index is 1360. The molecule has 1 aliphatic rings. The van der Waals surface area contributed by atoms with Crippen LogP contribution >= 0.6 is 46.0 Å². The van der Waals surface area contributed by atoms with Gasteiger partial charge in [0, 0.05) is 17.2 Å². The number of carbonyl (C=O) groups is 2. The molecule has 0 unspecified atom stereocenters. The van der Waals surface area contributed by atoms with Crippen molar-refractivity contribution in [1.82, 2.24) is 4.90 Å². The Kier molecular flexibility index (Phi) is 8.17. The number of amides is 2. The summed E-state index contributed by atoms with van der Waals surface area (Å²) in [5.74, 6) is 0.629. The highest BCUT2D eigenvalue weighted by Crippen LogP contribution is 2.38. The zero-order valence-corrected chi connectivity index (χ0v) is 22.5. The normalized spacial score (nSPS) is 14.4. The largest absolute Gasteiger partial charge is 0.493 e. The van der Waals surface area contributed by atoms with E-state index >= 15 is 0 Å². The first-order valence-corrected chi connectivity index (χ1v) is 12.8. The van der Waals surface area contributed by atoms with Crippen molar-refractivity contribution < 1.29 is 24.0 Å². The predicted octanol–water partition coefficient (Wildman–Crippen LogP) is 6.68. The van der Waals surface area contributed by atoms with E-state index in [4.69, 9.17) is 21.1 Å². The number of nitro groups is 1. The summed E-state index contributed by atoms with van der Waals surface area (Å²) in [5.41, 5.74) is 2.18. The highest BCUT2D eigenvalue weighted by molar-refractivity contribution is 14.1. The maximum Gasteiger partial charge on any atom is 0.293 e. The van der Waals surface area contributed by atoms with Crippen LogP contribution in [0.2, 0.25) is 5.02 Å². The molecule has 0 radical (unpaired) electrons. The molecule has 11 heteroatoms. The Balaban J connectivity index is 1.50. The average Bonchev–Trinajstić information content (AvgIpc) is 3.11. The number of imide groups is 1. The number of methoxy groups -OCH3 is 1. The third kappa shape index (κ3) is 6.00. The molecule has 1 saturated heterocycles. The fraction of sp³-hybridized carbons (Fsp3) is 0.120. The van der Waals surface area contributed by atoms with Crippen molar-refractivity contribution in [3.63, 3.8) is 0 Å². The fourth-order valence-electron chi connectivity index (χ4n) is 3.39. The van der Waals surface area contributed by atoms with Crippen LogP contribution in [0, 0.1) is 13.7 Å². The van der Waals surface area contributed by atoms with E-state index in [2.05, 4.69) is 22.6 Å². The van der Waals surface area contributed by atoms with Gasteiger partial charge in [-0.15, -0.1) is 0 Å². The summed E-state index contributed by atoms with van der Waals surface area (Å²) in [5, 5.41) is 11.1. The Morgan fingerprint density at radius 1 is 1.08 bits per heavy atom. The van der Waals surface area contributed by atoms with Gasteiger partial charge in [0.05, 0.1) is 27.1 Å². The number of nitro benzene ring substituents is 1. The van der Waals surface area contributed by atoms with Gasteiger partial charge in [0.15, 0.2) is 11.5 Å². The third-order valence-corrected chi connectivity index (χ3v) is 7.17. The van der Waals surface area contributed by atoms with Crippen molar-refractivity contribution in [2.45, 2.75) is 13.2 Å². The molecule has 2 amide bonds. The summed E-state index contributed by atoms with van der Waals surface area (Å²) in [4.78, 5) is 37.2. The van der Waals surface area contributed by atoms with E-state index in [9.17, 15) is 19.7 Å². The summed E-state index contributed by atoms with van der Waals surface area (Å²) in [7, 11) is 1.53. The van der Waals surface area contributed by atoms with Gasteiger partial charge in [0.25, 0.3) is 16.8 Å². The molecule has 8 nitrogen and oxygen atoms in total. The standard InChI is InChI=1S/C25H18ClIN2O6S/c1-34-21-11-17(10-20(27)23(21)35-14-16-2-6-18(26)7-3-16)12-22-24(30)28(25(31)36-22)13-15-4-8-19(9-5-15)29(32)33/h2-12H,13-14H2,1H3/b22-12-. The molecule has 0 spiro atoms. The van der Waals surface area contributed by atoms with Gasteiger partial charge in [-0.05, 0) is 81.4 Å². The first kappa shape index (κ1) is 26.0. The molecule has 1 heterocycles. The maximum absolute atomic E-state index is 12.9. The van der Waals surface area contributed by atoms with Gasteiger partial charge in [0.1, 0.15) is 6.61 Å². The van der Waals surface area contributed by atoms with Crippen LogP contribution in [-0.2, 0) is 17.9 Å².